The topological polar surface area (TPSA) is 92.9 Å². The molecule has 0 radical (unpaired) electrons. The van der Waals surface area contributed by atoms with Crippen molar-refractivity contribution in [3.8, 4) is 0 Å². The van der Waals surface area contributed by atoms with Crippen molar-refractivity contribution in [2.24, 2.45) is 11.8 Å². The predicted octanol–water partition coefficient (Wildman–Crippen LogP) is 0.156. The van der Waals surface area contributed by atoms with Gasteiger partial charge < -0.3 is 16.4 Å². The van der Waals surface area contributed by atoms with Gasteiger partial charge in [-0.1, -0.05) is 11.3 Å². The largest absolute Gasteiger partial charge is 0.374 e. The normalized spacial score (nSPS) is 29.0. The molecule has 3 rings (SSSR count). The van der Waals surface area contributed by atoms with Crippen LogP contribution in [-0.2, 0) is 11.3 Å². The summed E-state index contributed by atoms with van der Waals surface area (Å²) in [6, 6.07) is 0.375. The zero-order valence-corrected chi connectivity index (χ0v) is 11.4. The number of anilines is 1. The first-order valence-corrected chi connectivity index (χ1v) is 6.64. The second kappa shape index (κ2) is 5.38. The van der Waals surface area contributed by atoms with Crippen LogP contribution in [0.4, 0.5) is 5.13 Å². The Morgan fingerprint density at radius 3 is 2.83 bits per heavy atom. The monoisotopic (exact) mass is 289 g/mol. The van der Waals surface area contributed by atoms with E-state index in [2.05, 4.69) is 20.8 Å². The fourth-order valence-electron chi connectivity index (χ4n) is 2.86. The van der Waals surface area contributed by atoms with Gasteiger partial charge in [0.2, 0.25) is 11.0 Å². The van der Waals surface area contributed by atoms with E-state index in [4.69, 9.17) is 5.73 Å². The summed E-state index contributed by atoms with van der Waals surface area (Å²) in [5, 5.41) is 15.1. The van der Waals surface area contributed by atoms with E-state index in [9.17, 15) is 4.79 Å². The molecule has 4 N–H and O–H groups in total. The molecule has 0 unspecified atom stereocenters. The molecule has 0 aromatic carbocycles. The minimum atomic E-state index is 0. The van der Waals surface area contributed by atoms with Gasteiger partial charge in [-0.2, -0.15) is 0 Å². The van der Waals surface area contributed by atoms with Gasteiger partial charge in [-0.05, 0) is 25.3 Å². The molecule has 1 saturated heterocycles. The van der Waals surface area contributed by atoms with Gasteiger partial charge in [-0.15, -0.1) is 22.6 Å². The molecule has 1 saturated carbocycles. The molecule has 2 heterocycles. The Hall–Kier alpha value is -0.920. The van der Waals surface area contributed by atoms with Crippen molar-refractivity contribution in [3.05, 3.63) is 5.01 Å². The number of nitrogens with one attached hydrogen (secondary N) is 2. The third kappa shape index (κ3) is 2.43. The summed E-state index contributed by atoms with van der Waals surface area (Å²) in [5.41, 5.74) is 5.48. The molecule has 3 atom stereocenters. The lowest BCUT2D eigenvalue weighted by Gasteiger charge is -2.13. The molecule has 0 spiro atoms. The molecule has 1 aliphatic heterocycles. The van der Waals surface area contributed by atoms with Gasteiger partial charge in [0.05, 0.1) is 12.5 Å². The first kappa shape index (κ1) is 13.5. The van der Waals surface area contributed by atoms with Crippen LogP contribution in [0.1, 0.15) is 17.8 Å². The fraction of sp³-hybridized carbons (Fsp3) is 0.700. The van der Waals surface area contributed by atoms with Crippen LogP contribution in [0.2, 0.25) is 0 Å². The number of nitrogens with zero attached hydrogens (tertiary/aromatic N) is 2. The Morgan fingerprint density at radius 2 is 2.33 bits per heavy atom. The van der Waals surface area contributed by atoms with E-state index in [1.54, 1.807) is 0 Å². The highest BCUT2D eigenvalue weighted by atomic mass is 35.5. The third-order valence-corrected chi connectivity index (χ3v) is 4.38. The second-order valence-corrected chi connectivity index (χ2v) is 5.72. The van der Waals surface area contributed by atoms with E-state index in [1.807, 2.05) is 0 Å². The lowest BCUT2D eigenvalue weighted by atomic mass is 9.97. The Morgan fingerprint density at radius 1 is 1.50 bits per heavy atom. The average molecular weight is 290 g/mol. The number of piperidine rings is 1. The van der Waals surface area contributed by atoms with E-state index in [0.717, 1.165) is 18.0 Å². The number of nitrogens with two attached hydrogens (primary N) is 1. The van der Waals surface area contributed by atoms with E-state index in [0.29, 0.717) is 23.6 Å². The lowest BCUT2D eigenvalue weighted by Crippen LogP contribution is -2.36. The smallest absolute Gasteiger partial charge is 0.225 e. The number of hydrogen-bond donors (Lipinski definition) is 3. The Labute approximate surface area is 115 Å². The number of nitrogen functional groups attached to an aromatic ring is 1. The molecule has 1 amide bonds. The standard InChI is InChI=1S/C10H15N5OS.ClH/c11-10-15-14-7(17-10)4-13-9(16)8-5-1-2-6(8)12-3-5;/h5-6,8,12H,1-4H2,(H2,11,15)(H,13,16);1H/t5-,6-,8+;/m0./s1. The molecule has 18 heavy (non-hydrogen) atoms. The van der Waals surface area contributed by atoms with Crippen molar-refractivity contribution in [1.82, 2.24) is 20.8 Å². The average Bonchev–Trinajstić information content (AvgIpc) is 3.01. The van der Waals surface area contributed by atoms with E-state index in [-0.39, 0.29) is 24.2 Å². The van der Waals surface area contributed by atoms with E-state index in [1.165, 1.54) is 17.8 Å². The molecule has 2 aliphatic rings. The summed E-state index contributed by atoms with van der Waals surface area (Å²) in [6.45, 7) is 1.41. The number of hydrogen-bond acceptors (Lipinski definition) is 6. The van der Waals surface area contributed by atoms with Crippen LogP contribution in [0.5, 0.6) is 0 Å². The maximum absolute atomic E-state index is 12.1. The Bertz CT molecular complexity index is 420. The molecule has 1 aromatic heterocycles. The van der Waals surface area contributed by atoms with Crippen molar-refractivity contribution in [3.63, 3.8) is 0 Å². The summed E-state index contributed by atoms with van der Waals surface area (Å²) in [5.74, 6) is 0.788. The van der Waals surface area contributed by atoms with Gasteiger partial charge in [0, 0.05) is 6.04 Å². The lowest BCUT2D eigenvalue weighted by molar-refractivity contribution is -0.125. The zero-order chi connectivity index (χ0) is 11.8. The van der Waals surface area contributed by atoms with Crippen LogP contribution in [0.25, 0.3) is 0 Å². The van der Waals surface area contributed by atoms with Crippen molar-refractivity contribution in [2.75, 3.05) is 12.3 Å². The van der Waals surface area contributed by atoms with E-state index < -0.39 is 0 Å². The first-order chi connectivity index (χ1) is 8.24. The maximum atomic E-state index is 12.1. The van der Waals surface area contributed by atoms with Gasteiger partial charge >= 0.3 is 0 Å². The molecular weight excluding hydrogens is 274 g/mol. The number of fused-ring (bicyclic) bond motifs is 2. The molecule has 100 valence electrons. The fourth-order valence-corrected chi connectivity index (χ4v) is 3.41. The highest BCUT2D eigenvalue weighted by Gasteiger charge is 2.45. The number of aromatic nitrogens is 2. The number of amides is 1. The number of rotatable bonds is 3. The highest BCUT2D eigenvalue weighted by molar-refractivity contribution is 7.15. The zero-order valence-electron chi connectivity index (χ0n) is 9.76. The van der Waals surface area contributed by atoms with Crippen molar-refractivity contribution in [1.29, 1.82) is 0 Å². The van der Waals surface area contributed by atoms with Crippen LogP contribution in [-0.4, -0.2) is 28.7 Å². The van der Waals surface area contributed by atoms with Gasteiger partial charge in [0.25, 0.3) is 0 Å². The summed E-state index contributed by atoms with van der Waals surface area (Å²) < 4.78 is 0. The SMILES string of the molecule is Cl.Nc1nnc(CNC(=O)[C@@H]2[C@H]3CC[C@@H]2NC3)s1. The van der Waals surface area contributed by atoms with Crippen molar-refractivity contribution < 1.29 is 4.79 Å². The van der Waals surface area contributed by atoms with E-state index >= 15 is 0 Å². The molecular formula is C10H16ClN5OS. The van der Waals surface area contributed by atoms with Crippen LogP contribution in [0.3, 0.4) is 0 Å². The van der Waals surface area contributed by atoms with Gasteiger partial charge in [-0.3, -0.25) is 4.79 Å². The summed E-state index contributed by atoms with van der Waals surface area (Å²) in [7, 11) is 0. The van der Waals surface area contributed by atoms with Crippen LogP contribution in [0.15, 0.2) is 0 Å². The minimum Gasteiger partial charge on any atom is -0.374 e. The van der Waals surface area contributed by atoms with Gasteiger partial charge in [0.15, 0.2) is 0 Å². The van der Waals surface area contributed by atoms with Crippen LogP contribution < -0.4 is 16.4 Å². The Kier molecular flexibility index (Phi) is 4.04. The Balaban J connectivity index is 0.00000120. The van der Waals surface area contributed by atoms with Gasteiger partial charge in [0.1, 0.15) is 5.01 Å². The van der Waals surface area contributed by atoms with Crippen molar-refractivity contribution >= 4 is 34.8 Å². The second-order valence-electron chi connectivity index (χ2n) is 4.63. The van der Waals surface area contributed by atoms with Crippen LogP contribution in [0, 0.1) is 11.8 Å². The predicted molar refractivity (Wildman–Crippen MR) is 71.4 cm³/mol. The number of carbonyl (C=O) groups excluding carboxylic acids is 1. The molecule has 2 bridgehead atoms. The number of halogens is 1. The molecule has 1 aliphatic carbocycles. The number of carbonyl (C=O) groups is 1. The minimum absolute atomic E-state index is 0. The highest BCUT2D eigenvalue weighted by Crippen LogP contribution is 2.36. The first-order valence-electron chi connectivity index (χ1n) is 5.83. The molecule has 6 nitrogen and oxygen atoms in total. The third-order valence-electron chi connectivity index (χ3n) is 3.63. The van der Waals surface area contributed by atoms with Gasteiger partial charge in [-0.25, -0.2) is 0 Å². The van der Waals surface area contributed by atoms with Crippen LogP contribution >= 0.6 is 23.7 Å². The summed E-state index contributed by atoms with van der Waals surface area (Å²) in [6.07, 6.45) is 2.29. The molecule has 1 aromatic rings. The summed E-state index contributed by atoms with van der Waals surface area (Å²) >= 11 is 1.31. The summed E-state index contributed by atoms with van der Waals surface area (Å²) in [4.78, 5) is 12.1. The maximum Gasteiger partial charge on any atom is 0.225 e. The molecule has 2 fully saturated rings. The van der Waals surface area contributed by atoms with Crippen molar-refractivity contribution in [2.45, 2.75) is 25.4 Å². The molecule has 8 heteroatoms. The quantitative estimate of drug-likeness (QED) is 0.737.